The van der Waals surface area contributed by atoms with Gasteiger partial charge in [-0.15, -0.1) is 0 Å². The summed E-state index contributed by atoms with van der Waals surface area (Å²) in [6.45, 7) is 6.49. The number of allylic oxidation sites excluding steroid dienone is 8. The molecule has 0 saturated carbocycles. The molecule has 0 rings (SSSR count). The van der Waals surface area contributed by atoms with Crippen LogP contribution >= 0.6 is 0 Å². The van der Waals surface area contributed by atoms with Crippen LogP contribution in [-0.4, -0.2) is 46.9 Å². The Labute approximate surface area is 429 Å². The van der Waals surface area contributed by atoms with Crippen LogP contribution in [0.5, 0.6) is 0 Å². The standard InChI is InChI=1S/C63H117NO5/c1-4-7-10-13-16-19-22-25-28-30-31-33-35-38-41-44-47-50-53-56-63(68)69-59(54-51-48-45-42-39-36-27-24-21-18-15-12-9-6-3)57-62(67)64-60(58-65)61(66)55-52-49-46-43-40-37-34-32-29-26-23-20-17-14-11-8-5-2/h16,19,25,28,31,33,38,41,59-61,65-66H,4-15,17-18,20-24,26-27,29-30,32,34-37,39-40,42-58H2,1-3H3,(H,64,67)/b19-16-,28-25-,33-31-,41-38-. The molecule has 0 radical (unpaired) electrons. The highest BCUT2D eigenvalue weighted by Gasteiger charge is 2.24. The molecule has 404 valence electrons. The van der Waals surface area contributed by atoms with E-state index in [0.29, 0.717) is 19.3 Å². The van der Waals surface area contributed by atoms with Gasteiger partial charge in [-0.3, -0.25) is 9.59 Å². The van der Waals surface area contributed by atoms with Crippen molar-refractivity contribution in [2.24, 2.45) is 0 Å². The van der Waals surface area contributed by atoms with Crippen LogP contribution in [-0.2, 0) is 14.3 Å². The van der Waals surface area contributed by atoms with Crippen LogP contribution in [0, 0.1) is 0 Å². The molecule has 0 aromatic carbocycles. The summed E-state index contributed by atoms with van der Waals surface area (Å²) >= 11 is 0. The first-order chi connectivity index (χ1) is 34.0. The minimum atomic E-state index is -0.793. The predicted molar refractivity (Wildman–Crippen MR) is 301 cm³/mol. The molecule has 3 unspecified atom stereocenters. The average Bonchev–Trinajstić information content (AvgIpc) is 3.34. The zero-order valence-corrected chi connectivity index (χ0v) is 46.2. The minimum absolute atomic E-state index is 0.0681. The molecule has 1 amide bonds. The van der Waals surface area contributed by atoms with Crippen molar-refractivity contribution in [2.45, 2.75) is 334 Å². The third-order valence-corrected chi connectivity index (χ3v) is 13.9. The van der Waals surface area contributed by atoms with E-state index in [9.17, 15) is 19.8 Å². The van der Waals surface area contributed by atoms with E-state index in [0.717, 1.165) is 70.6 Å². The molecule has 0 aliphatic heterocycles. The van der Waals surface area contributed by atoms with E-state index in [-0.39, 0.29) is 24.9 Å². The van der Waals surface area contributed by atoms with E-state index >= 15 is 0 Å². The summed E-state index contributed by atoms with van der Waals surface area (Å²) in [6, 6.07) is -0.708. The fourth-order valence-electron chi connectivity index (χ4n) is 9.30. The van der Waals surface area contributed by atoms with E-state index < -0.39 is 18.2 Å². The van der Waals surface area contributed by atoms with Crippen LogP contribution in [0.1, 0.15) is 316 Å². The molecule has 3 N–H and O–H groups in total. The van der Waals surface area contributed by atoms with Gasteiger partial charge in [0.1, 0.15) is 6.10 Å². The molecule has 0 saturated heterocycles. The van der Waals surface area contributed by atoms with Gasteiger partial charge in [0.2, 0.25) is 5.91 Å². The molecule has 0 heterocycles. The Hall–Kier alpha value is -2.18. The number of aliphatic hydroxyl groups is 2. The van der Waals surface area contributed by atoms with Crippen LogP contribution in [0.4, 0.5) is 0 Å². The second-order valence-electron chi connectivity index (χ2n) is 20.8. The molecule has 6 nitrogen and oxygen atoms in total. The summed E-state index contributed by atoms with van der Waals surface area (Å²) in [6.07, 6.45) is 70.3. The Kier molecular flexibility index (Phi) is 54.9. The summed E-state index contributed by atoms with van der Waals surface area (Å²) in [7, 11) is 0. The second-order valence-corrected chi connectivity index (χ2v) is 20.8. The number of aliphatic hydroxyl groups excluding tert-OH is 2. The maximum absolute atomic E-state index is 13.3. The Bertz CT molecular complexity index is 1180. The monoisotopic (exact) mass is 968 g/mol. The number of amides is 1. The maximum atomic E-state index is 13.3. The fraction of sp³-hybridized carbons (Fsp3) is 0.841. The van der Waals surface area contributed by atoms with Gasteiger partial charge in [-0.1, -0.05) is 281 Å². The first-order valence-electron chi connectivity index (χ1n) is 30.4. The lowest BCUT2D eigenvalue weighted by Crippen LogP contribution is -2.46. The van der Waals surface area contributed by atoms with Gasteiger partial charge in [-0.25, -0.2) is 0 Å². The second kappa shape index (κ2) is 56.7. The van der Waals surface area contributed by atoms with Gasteiger partial charge in [0.15, 0.2) is 0 Å². The zero-order chi connectivity index (χ0) is 50.2. The zero-order valence-electron chi connectivity index (χ0n) is 46.2. The highest BCUT2D eigenvalue weighted by molar-refractivity contribution is 5.77. The molecule has 0 aromatic rings. The quantitative estimate of drug-likeness (QED) is 0.0321. The van der Waals surface area contributed by atoms with Crippen LogP contribution in [0.25, 0.3) is 0 Å². The van der Waals surface area contributed by atoms with Gasteiger partial charge in [0.25, 0.3) is 0 Å². The normalized spacial score (nSPS) is 13.4. The molecular weight excluding hydrogens is 851 g/mol. The van der Waals surface area contributed by atoms with Gasteiger partial charge >= 0.3 is 5.97 Å². The van der Waals surface area contributed by atoms with Crippen molar-refractivity contribution >= 4 is 11.9 Å². The van der Waals surface area contributed by atoms with Gasteiger partial charge in [-0.2, -0.15) is 0 Å². The summed E-state index contributed by atoms with van der Waals surface area (Å²) in [5.74, 6) is -0.494. The Morgan fingerprint density at radius 1 is 0.420 bits per heavy atom. The van der Waals surface area contributed by atoms with Crippen molar-refractivity contribution in [3.8, 4) is 0 Å². The molecule has 0 bridgehead atoms. The highest BCUT2D eigenvalue weighted by atomic mass is 16.5. The molecule has 3 atom stereocenters. The molecule has 0 aliphatic carbocycles. The molecule has 0 spiro atoms. The van der Waals surface area contributed by atoms with E-state index in [1.807, 2.05) is 0 Å². The number of ether oxygens (including phenoxy) is 1. The molecule has 0 aromatic heterocycles. The number of esters is 1. The number of carbonyl (C=O) groups is 2. The average molecular weight is 969 g/mol. The van der Waals surface area contributed by atoms with E-state index in [1.165, 1.54) is 199 Å². The first kappa shape index (κ1) is 66.8. The Morgan fingerprint density at radius 2 is 0.739 bits per heavy atom. The largest absolute Gasteiger partial charge is 0.462 e. The molecule has 0 aliphatic rings. The van der Waals surface area contributed by atoms with Crippen molar-refractivity contribution < 1.29 is 24.5 Å². The minimum Gasteiger partial charge on any atom is -0.462 e. The van der Waals surface area contributed by atoms with Gasteiger partial charge in [0.05, 0.1) is 25.2 Å². The van der Waals surface area contributed by atoms with E-state index in [2.05, 4.69) is 74.7 Å². The van der Waals surface area contributed by atoms with Crippen LogP contribution in [0.3, 0.4) is 0 Å². The van der Waals surface area contributed by atoms with Crippen molar-refractivity contribution in [1.29, 1.82) is 0 Å². The van der Waals surface area contributed by atoms with Crippen LogP contribution in [0.15, 0.2) is 48.6 Å². The van der Waals surface area contributed by atoms with E-state index in [1.54, 1.807) is 0 Å². The summed E-state index contributed by atoms with van der Waals surface area (Å²) in [5, 5.41) is 23.9. The molecule has 0 fully saturated rings. The molecular formula is C63H117NO5. The van der Waals surface area contributed by atoms with Gasteiger partial charge < -0.3 is 20.3 Å². The van der Waals surface area contributed by atoms with Crippen LogP contribution in [0.2, 0.25) is 0 Å². The van der Waals surface area contributed by atoms with Gasteiger partial charge in [0, 0.05) is 6.42 Å². The van der Waals surface area contributed by atoms with Crippen molar-refractivity contribution in [3.63, 3.8) is 0 Å². The summed E-state index contributed by atoms with van der Waals surface area (Å²) < 4.78 is 5.96. The number of hydrogen-bond donors (Lipinski definition) is 3. The first-order valence-corrected chi connectivity index (χ1v) is 30.4. The number of rotatable bonds is 55. The Balaban J connectivity index is 4.55. The smallest absolute Gasteiger partial charge is 0.306 e. The van der Waals surface area contributed by atoms with Crippen molar-refractivity contribution in [2.75, 3.05) is 6.61 Å². The van der Waals surface area contributed by atoms with Gasteiger partial charge in [-0.05, 0) is 70.6 Å². The third kappa shape index (κ3) is 52.0. The molecule has 69 heavy (non-hydrogen) atoms. The molecule has 6 heteroatoms. The lowest BCUT2D eigenvalue weighted by Gasteiger charge is -2.24. The lowest BCUT2D eigenvalue weighted by molar-refractivity contribution is -0.151. The Morgan fingerprint density at radius 3 is 1.13 bits per heavy atom. The number of hydrogen-bond acceptors (Lipinski definition) is 5. The van der Waals surface area contributed by atoms with Crippen molar-refractivity contribution in [1.82, 2.24) is 5.32 Å². The predicted octanol–water partition coefficient (Wildman–Crippen LogP) is 19.0. The maximum Gasteiger partial charge on any atom is 0.306 e. The van der Waals surface area contributed by atoms with Crippen LogP contribution < -0.4 is 5.32 Å². The number of carbonyl (C=O) groups excluding carboxylic acids is 2. The SMILES string of the molecule is CCCCC/C=C\C/C=C\C/C=C\C/C=C\CCCCCC(=O)OC(CCCCCCCCCCCCCCCC)CC(=O)NC(CO)C(O)CCCCCCCCCCCCCCCCCCC. The highest BCUT2D eigenvalue weighted by Crippen LogP contribution is 2.19. The summed E-state index contributed by atoms with van der Waals surface area (Å²) in [4.78, 5) is 26.3. The number of nitrogens with one attached hydrogen (secondary N) is 1. The lowest BCUT2D eigenvalue weighted by atomic mass is 10.0. The number of unbranched alkanes of at least 4 members (excludes halogenated alkanes) is 35. The summed E-state index contributed by atoms with van der Waals surface area (Å²) in [5.41, 5.74) is 0. The fourth-order valence-corrected chi connectivity index (χ4v) is 9.30. The topological polar surface area (TPSA) is 95.9 Å². The van der Waals surface area contributed by atoms with E-state index in [4.69, 9.17) is 4.74 Å². The third-order valence-electron chi connectivity index (χ3n) is 13.9. The van der Waals surface area contributed by atoms with Crippen molar-refractivity contribution in [3.05, 3.63) is 48.6 Å².